The molecular formula is C22H27N3O2S. The van der Waals surface area contributed by atoms with Crippen LogP contribution in [0.1, 0.15) is 50.2 Å². The smallest absolute Gasteiger partial charge is 0.250 e. The Bertz CT molecular complexity index is 1030. The van der Waals surface area contributed by atoms with Crippen LogP contribution in [-0.2, 0) is 34.0 Å². The summed E-state index contributed by atoms with van der Waals surface area (Å²) < 4.78 is 27.7. The maximum atomic E-state index is 13.0. The lowest BCUT2D eigenvalue weighted by Crippen LogP contribution is -2.15. The summed E-state index contributed by atoms with van der Waals surface area (Å²) in [5, 5.41) is 8.25. The second-order valence-corrected chi connectivity index (χ2v) is 9.89. The summed E-state index contributed by atoms with van der Waals surface area (Å²) in [7, 11) is -3.59. The highest BCUT2D eigenvalue weighted by Crippen LogP contribution is 2.24. The van der Waals surface area contributed by atoms with E-state index in [0.717, 1.165) is 11.1 Å². The van der Waals surface area contributed by atoms with Crippen LogP contribution in [0.5, 0.6) is 0 Å². The third-order valence-corrected chi connectivity index (χ3v) is 6.34. The molecule has 0 amide bonds. The van der Waals surface area contributed by atoms with Crippen molar-refractivity contribution >= 4 is 9.84 Å². The van der Waals surface area contributed by atoms with Gasteiger partial charge in [-0.1, -0.05) is 75.4 Å². The van der Waals surface area contributed by atoms with Crippen LogP contribution < -0.4 is 0 Å². The Morgan fingerprint density at radius 2 is 1.54 bits per heavy atom. The third-order valence-electron chi connectivity index (χ3n) is 4.77. The largest absolute Gasteiger partial charge is 0.302 e. The molecule has 0 aliphatic rings. The fourth-order valence-electron chi connectivity index (χ4n) is 3.16. The van der Waals surface area contributed by atoms with E-state index in [1.807, 2.05) is 61.5 Å². The zero-order chi connectivity index (χ0) is 20.4. The minimum atomic E-state index is -3.59. The van der Waals surface area contributed by atoms with Gasteiger partial charge in [-0.2, -0.15) is 0 Å². The van der Waals surface area contributed by atoms with Crippen LogP contribution >= 0.6 is 0 Å². The average molecular weight is 398 g/mol. The van der Waals surface area contributed by atoms with Crippen molar-refractivity contribution in [1.29, 1.82) is 0 Å². The first-order valence-electron chi connectivity index (χ1n) is 9.49. The minimum absolute atomic E-state index is 0.0339. The van der Waals surface area contributed by atoms with E-state index >= 15 is 0 Å². The summed E-state index contributed by atoms with van der Waals surface area (Å²) in [6.07, 6.45) is 0.553. The molecule has 5 nitrogen and oxygen atoms in total. The highest BCUT2D eigenvalue weighted by atomic mass is 32.2. The molecule has 0 aliphatic heterocycles. The van der Waals surface area contributed by atoms with Gasteiger partial charge in [-0.25, -0.2) is 8.42 Å². The zero-order valence-corrected chi connectivity index (χ0v) is 17.7. The van der Waals surface area contributed by atoms with Gasteiger partial charge in [-0.3, -0.25) is 0 Å². The first-order valence-corrected chi connectivity index (χ1v) is 11.1. The van der Waals surface area contributed by atoms with Crippen molar-refractivity contribution < 1.29 is 8.42 Å². The summed E-state index contributed by atoms with van der Waals surface area (Å²) in [5.74, 6) is 0.580. The van der Waals surface area contributed by atoms with Crippen LogP contribution in [-0.4, -0.2) is 23.2 Å². The Labute approximate surface area is 167 Å². The third kappa shape index (κ3) is 4.50. The van der Waals surface area contributed by atoms with Crippen LogP contribution in [0.15, 0.2) is 59.8 Å². The fourth-order valence-corrected chi connectivity index (χ4v) is 4.66. The quantitative estimate of drug-likeness (QED) is 0.626. The van der Waals surface area contributed by atoms with Crippen molar-refractivity contribution in [2.24, 2.45) is 0 Å². The number of nitrogens with zero attached hydrogens (tertiary/aromatic N) is 3. The van der Waals surface area contributed by atoms with Gasteiger partial charge in [0.05, 0.1) is 5.75 Å². The summed E-state index contributed by atoms with van der Waals surface area (Å²) in [6, 6.07) is 17.6. The molecule has 3 rings (SSSR count). The molecular weight excluding hydrogens is 370 g/mol. The van der Waals surface area contributed by atoms with Crippen molar-refractivity contribution in [2.75, 3.05) is 0 Å². The van der Waals surface area contributed by atoms with E-state index in [1.54, 1.807) is 4.57 Å². The van der Waals surface area contributed by atoms with E-state index in [1.165, 1.54) is 5.56 Å². The van der Waals surface area contributed by atoms with E-state index < -0.39 is 9.84 Å². The molecule has 28 heavy (non-hydrogen) atoms. The molecule has 0 radical (unpaired) electrons. The first kappa shape index (κ1) is 20.3. The molecule has 0 saturated carbocycles. The summed E-state index contributed by atoms with van der Waals surface area (Å²) in [5.41, 5.74) is 3.04. The Hall–Kier alpha value is -2.47. The lowest BCUT2D eigenvalue weighted by molar-refractivity contribution is 0.563. The van der Waals surface area contributed by atoms with Gasteiger partial charge >= 0.3 is 0 Å². The van der Waals surface area contributed by atoms with Crippen molar-refractivity contribution in [3.05, 3.63) is 77.1 Å². The van der Waals surface area contributed by atoms with Gasteiger partial charge in [0.2, 0.25) is 15.0 Å². The van der Waals surface area contributed by atoms with Gasteiger partial charge in [0.1, 0.15) is 5.82 Å². The predicted octanol–water partition coefficient (Wildman–Crippen LogP) is 4.16. The molecule has 148 valence electrons. The zero-order valence-electron chi connectivity index (χ0n) is 16.9. The normalized spacial score (nSPS) is 12.3. The molecule has 6 heteroatoms. The Morgan fingerprint density at radius 3 is 2.11 bits per heavy atom. The Morgan fingerprint density at radius 1 is 0.893 bits per heavy atom. The summed E-state index contributed by atoms with van der Waals surface area (Å²) in [4.78, 5) is 0. The number of hydrogen-bond acceptors (Lipinski definition) is 4. The lowest BCUT2D eigenvalue weighted by atomic mass is 9.87. The molecule has 2 aromatic carbocycles. The van der Waals surface area contributed by atoms with Crippen LogP contribution in [0.2, 0.25) is 0 Å². The molecule has 0 unspecified atom stereocenters. The highest BCUT2D eigenvalue weighted by Gasteiger charge is 2.25. The number of rotatable bonds is 6. The van der Waals surface area contributed by atoms with Gasteiger partial charge in [0.15, 0.2) is 0 Å². The lowest BCUT2D eigenvalue weighted by Gasteiger charge is -2.19. The van der Waals surface area contributed by atoms with Crippen molar-refractivity contribution in [1.82, 2.24) is 14.8 Å². The van der Waals surface area contributed by atoms with Crippen molar-refractivity contribution in [3.63, 3.8) is 0 Å². The molecule has 0 fully saturated rings. The van der Waals surface area contributed by atoms with E-state index in [2.05, 4.69) is 31.0 Å². The number of benzene rings is 2. The van der Waals surface area contributed by atoms with Crippen molar-refractivity contribution in [3.8, 4) is 0 Å². The maximum Gasteiger partial charge on any atom is 0.250 e. The monoisotopic (exact) mass is 397 g/mol. The average Bonchev–Trinajstić information content (AvgIpc) is 3.05. The number of aromatic nitrogens is 3. The van der Waals surface area contributed by atoms with E-state index in [9.17, 15) is 8.42 Å². The molecule has 1 heterocycles. The van der Waals surface area contributed by atoms with Gasteiger partial charge in [0.25, 0.3) is 0 Å². The topological polar surface area (TPSA) is 64.8 Å². The molecule has 0 bridgehead atoms. The van der Waals surface area contributed by atoms with Gasteiger partial charge < -0.3 is 4.57 Å². The maximum absolute atomic E-state index is 13.0. The molecule has 3 aromatic rings. The molecule has 1 aromatic heterocycles. The molecule has 0 spiro atoms. The van der Waals surface area contributed by atoms with E-state index in [-0.39, 0.29) is 16.3 Å². The molecule has 0 N–H and O–H groups in total. The second kappa shape index (κ2) is 7.87. The van der Waals surface area contributed by atoms with Gasteiger partial charge in [0, 0.05) is 13.0 Å². The van der Waals surface area contributed by atoms with Gasteiger partial charge in [-0.05, 0) is 29.0 Å². The fraction of sp³-hybridized carbons (Fsp3) is 0.364. The Kier molecular flexibility index (Phi) is 5.70. The standard InChI is InChI=1S/C22H27N3O2S/c1-5-25-20(15-17-9-7-6-8-10-17)23-24-21(25)28(26,27)16-18-11-13-19(14-12-18)22(2,3)4/h6-14H,5,15-16H2,1-4H3. The molecule has 0 saturated heterocycles. The van der Waals surface area contributed by atoms with E-state index in [4.69, 9.17) is 0 Å². The second-order valence-electron chi connectivity index (χ2n) is 8.01. The SMILES string of the molecule is CCn1c(Cc2ccccc2)nnc1S(=O)(=O)Cc1ccc(C(C)(C)C)cc1. The molecule has 0 aliphatic carbocycles. The van der Waals surface area contributed by atoms with E-state index in [0.29, 0.717) is 18.8 Å². The van der Waals surface area contributed by atoms with Crippen LogP contribution in [0.3, 0.4) is 0 Å². The van der Waals surface area contributed by atoms with Crippen molar-refractivity contribution in [2.45, 2.75) is 57.0 Å². The van der Waals surface area contributed by atoms with Crippen LogP contribution in [0, 0.1) is 0 Å². The van der Waals surface area contributed by atoms with Crippen LogP contribution in [0.4, 0.5) is 0 Å². The highest BCUT2D eigenvalue weighted by molar-refractivity contribution is 7.90. The molecule has 0 atom stereocenters. The Balaban J connectivity index is 1.85. The predicted molar refractivity (Wildman–Crippen MR) is 111 cm³/mol. The number of sulfone groups is 1. The first-order chi connectivity index (χ1) is 13.2. The summed E-state index contributed by atoms with van der Waals surface area (Å²) >= 11 is 0. The van der Waals surface area contributed by atoms with Crippen LogP contribution in [0.25, 0.3) is 0 Å². The minimum Gasteiger partial charge on any atom is -0.302 e. The summed E-state index contributed by atoms with van der Waals surface area (Å²) in [6.45, 7) is 8.83. The van der Waals surface area contributed by atoms with Gasteiger partial charge in [-0.15, -0.1) is 10.2 Å². The number of hydrogen-bond donors (Lipinski definition) is 0.